The first-order valence-electron chi connectivity index (χ1n) is 7.11. The molecule has 1 aliphatic heterocycles. The van der Waals surface area contributed by atoms with Gasteiger partial charge in [-0.3, -0.25) is 9.78 Å². The van der Waals surface area contributed by atoms with Crippen molar-refractivity contribution < 1.29 is 13.9 Å². The summed E-state index contributed by atoms with van der Waals surface area (Å²) in [5, 5.41) is 2.70. The number of nitrogens with two attached hydrogens (primary N) is 1. The Bertz CT molecular complexity index is 749. The second kappa shape index (κ2) is 6.43. The first-order chi connectivity index (χ1) is 11.1. The van der Waals surface area contributed by atoms with Gasteiger partial charge in [-0.25, -0.2) is 9.38 Å². The fourth-order valence-corrected chi connectivity index (χ4v) is 2.32. The molecule has 23 heavy (non-hydrogen) atoms. The van der Waals surface area contributed by atoms with Crippen molar-refractivity contribution in [2.75, 3.05) is 11.9 Å². The van der Waals surface area contributed by atoms with Gasteiger partial charge in [0.15, 0.2) is 0 Å². The molecule has 0 aliphatic carbocycles. The molecule has 1 aromatic heterocycles. The smallest absolute Gasteiger partial charge is 0.282 e. The van der Waals surface area contributed by atoms with Crippen LogP contribution in [-0.2, 0) is 4.74 Å². The standard InChI is InChI=1S/C16H15FN4O2/c17-12-5-4-10(20-15(22)14-3-1-2-7-19-14)9-11(12)13-6-8-23-16(18)21-13/h1-5,7,9,13H,6,8H2,(H2,18,21)(H,20,22). The van der Waals surface area contributed by atoms with Crippen molar-refractivity contribution in [1.29, 1.82) is 0 Å². The summed E-state index contributed by atoms with van der Waals surface area (Å²) in [6.07, 6.45) is 2.06. The number of nitrogens with one attached hydrogen (secondary N) is 1. The van der Waals surface area contributed by atoms with E-state index in [1.54, 1.807) is 24.3 Å². The van der Waals surface area contributed by atoms with Crippen LogP contribution in [0.15, 0.2) is 47.6 Å². The van der Waals surface area contributed by atoms with Crippen molar-refractivity contribution in [3.8, 4) is 0 Å². The van der Waals surface area contributed by atoms with Crippen molar-refractivity contribution in [3.63, 3.8) is 0 Å². The number of hydrogen-bond acceptors (Lipinski definition) is 5. The third-order valence-corrected chi connectivity index (χ3v) is 3.43. The number of ether oxygens (including phenoxy) is 1. The van der Waals surface area contributed by atoms with Gasteiger partial charge in [0.25, 0.3) is 11.9 Å². The number of aliphatic imine (C=N–C) groups is 1. The molecular formula is C16H15FN4O2. The Labute approximate surface area is 132 Å². The van der Waals surface area contributed by atoms with Gasteiger partial charge >= 0.3 is 0 Å². The molecule has 3 rings (SSSR count). The predicted octanol–water partition coefficient (Wildman–Crippen LogP) is 2.25. The number of anilines is 1. The summed E-state index contributed by atoms with van der Waals surface area (Å²) < 4.78 is 19.1. The Kier molecular flexibility index (Phi) is 4.18. The molecule has 0 saturated heterocycles. The predicted molar refractivity (Wildman–Crippen MR) is 83.5 cm³/mol. The van der Waals surface area contributed by atoms with Gasteiger partial charge in [-0.2, -0.15) is 0 Å². The molecule has 0 radical (unpaired) electrons. The number of nitrogens with zero attached hydrogens (tertiary/aromatic N) is 2. The summed E-state index contributed by atoms with van der Waals surface area (Å²) in [6, 6.07) is 9.01. The Hall–Kier alpha value is -2.96. The maximum absolute atomic E-state index is 14.1. The van der Waals surface area contributed by atoms with Crippen LogP contribution in [0.1, 0.15) is 28.5 Å². The van der Waals surface area contributed by atoms with Gasteiger partial charge in [0, 0.05) is 23.9 Å². The van der Waals surface area contributed by atoms with Crippen LogP contribution < -0.4 is 11.1 Å². The fraction of sp³-hybridized carbons (Fsp3) is 0.188. The zero-order valence-corrected chi connectivity index (χ0v) is 12.2. The van der Waals surface area contributed by atoms with E-state index in [-0.39, 0.29) is 17.6 Å². The van der Waals surface area contributed by atoms with Crippen LogP contribution in [-0.4, -0.2) is 23.5 Å². The molecule has 2 heterocycles. The van der Waals surface area contributed by atoms with Crippen molar-refractivity contribution in [2.24, 2.45) is 10.7 Å². The summed E-state index contributed by atoms with van der Waals surface area (Å²) >= 11 is 0. The van der Waals surface area contributed by atoms with Crippen LogP contribution in [0, 0.1) is 5.82 Å². The molecule has 1 unspecified atom stereocenters. The van der Waals surface area contributed by atoms with Crippen LogP contribution >= 0.6 is 0 Å². The topological polar surface area (TPSA) is 89.6 Å². The van der Waals surface area contributed by atoms with Crippen LogP contribution in [0.2, 0.25) is 0 Å². The highest BCUT2D eigenvalue weighted by atomic mass is 19.1. The van der Waals surface area contributed by atoms with Crippen molar-refractivity contribution >= 4 is 17.6 Å². The van der Waals surface area contributed by atoms with Gasteiger partial charge in [0.2, 0.25) is 0 Å². The average Bonchev–Trinajstić information content (AvgIpc) is 2.57. The van der Waals surface area contributed by atoms with Gasteiger partial charge in [0.05, 0.1) is 12.6 Å². The lowest BCUT2D eigenvalue weighted by molar-refractivity contribution is 0.102. The third kappa shape index (κ3) is 3.45. The Balaban J connectivity index is 1.83. The number of carbonyl (C=O) groups excluding carboxylic acids is 1. The molecule has 118 valence electrons. The van der Waals surface area contributed by atoms with Crippen LogP contribution in [0.3, 0.4) is 0 Å². The molecule has 1 aromatic carbocycles. The Morgan fingerprint density at radius 2 is 2.22 bits per heavy atom. The molecule has 1 aliphatic rings. The second-order valence-electron chi connectivity index (χ2n) is 5.03. The molecule has 7 heteroatoms. The lowest BCUT2D eigenvalue weighted by Crippen LogP contribution is -2.24. The number of hydrogen-bond donors (Lipinski definition) is 2. The molecule has 1 atom stereocenters. The normalized spacial score (nSPS) is 17.1. The lowest BCUT2D eigenvalue weighted by Gasteiger charge is -2.20. The van der Waals surface area contributed by atoms with E-state index in [2.05, 4.69) is 15.3 Å². The molecular weight excluding hydrogens is 299 g/mol. The largest absolute Gasteiger partial charge is 0.465 e. The van der Waals surface area contributed by atoms with Gasteiger partial charge in [-0.15, -0.1) is 0 Å². The summed E-state index contributed by atoms with van der Waals surface area (Å²) in [7, 11) is 0. The van der Waals surface area contributed by atoms with E-state index in [1.165, 1.54) is 18.3 Å². The van der Waals surface area contributed by atoms with E-state index in [4.69, 9.17) is 10.5 Å². The number of amides is 1. The molecule has 0 spiro atoms. The maximum atomic E-state index is 14.1. The van der Waals surface area contributed by atoms with Crippen LogP contribution in [0.5, 0.6) is 0 Å². The Morgan fingerprint density at radius 1 is 1.35 bits per heavy atom. The molecule has 2 aromatic rings. The number of amidine groups is 1. The first kappa shape index (κ1) is 15.0. The third-order valence-electron chi connectivity index (χ3n) is 3.43. The highest BCUT2D eigenvalue weighted by Crippen LogP contribution is 2.28. The molecule has 1 amide bonds. The fourth-order valence-electron chi connectivity index (χ4n) is 2.32. The SMILES string of the molecule is NC1=NC(c2cc(NC(=O)c3ccccn3)ccc2F)CCO1. The Morgan fingerprint density at radius 3 is 2.96 bits per heavy atom. The minimum absolute atomic E-state index is 0.0450. The van der Waals surface area contributed by atoms with E-state index < -0.39 is 11.9 Å². The number of pyridine rings is 1. The van der Waals surface area contributed by atoms with E-state index >= 15 is 0 Å². The maximum Gasteiger partial charge on any atom is 0.282 e. The summed E-state index contributed by atoms with van der Waals surface area (Å²) in [5.41, 5.74) is 6.66. The highest BCUT2D eigenvalue weighted by Gasteiger charge is 2.20. The number of rotatable bonds is 3. The zero-order valence-electron chi connectivity index (χ0n) is 12.2. The second-order valence-corrected chi connectivity index (χ2v) is 5.03. The molecule has 6 nitrogen and oxygen atoms in total. The van der Waals surface area contributed by atoms with Crippen LogP contribution in [0.4, 0.5) is 10.1 Å². The van der Waals surface area contributed by atoms with Gasteiger partial charge in [-0.1, -0.05) is 6.07 Å². The zero-order chi connectivity index (χ0) is 16.2. The van der Waals surface area contributed by atoms with Gasteiger partial charge in [0.1, 0.15) is 11.5 Å². The highest BCUT2D eigenvalue weighted by molar-refractivity contribution is 6.02. The molecule has 0 bridgehead atoms. The quantitative estimate of drug-likeness (QED) is 0.909. The minimum Gasteiger partial charge on any atom is -0.465 e. The molecule has 3 N–H and O–H groups in total. The van der Waals surface area contributed by atoms with E-state index in [0.717, 1.165) is 0 Å². The number of aromatic nitrogens is 1. The van der Waals surface area contributed by atoms with E-state index in [9.17, 15) is 9.18 Å². The van der Waals surface area contributed by atoms with Crippen molar-refractivity contribution in [3.05, 3.63) is 59.7 Å². The molecule has 0 saturated carbocycles. The van der Waals surface area contributed by atoms with Crippen LogP contribution in [0.25, 0.3) is 0 Å². The van der Waals surface area contributed by atoms with E-state index in [0.29, 0.717) is 24.3 Å². The average molecular weight is 314 g/mol. The summed E-state index contributed by atoms with van der Waals surface area (Å²) in [6.45, 7) is 0.379. The van der Waals surface area contributed by atoms with Crippen molar-refractivity contribution in [1.82, 2.24) is 4.98 Å². The van der Waals surface area contributed by atoms with Crippen molar-refractivity contribution in [2.45, 2.75) is 12.5 Å². The molecule has 0 fully saturated rings. The minimum atomic E-state index is -0.421. The first-order valence-corrected chi connectivity index (χ1v) is 7.11. The summed E-state index contributed by atoms with van der Waals surface area (Å²) in [4.78, 5) is 20.2. The van der Waals surface area contributed by atoms with Gasteiger partial charge < -0.3 is 15.8 Å². The monoisotopic (exact) mass is 314 g/mol. The lowest BCUT2D eigenvalue weighted by atomic mass is 10.0. The number of benzene rings is 1. The van der Waals surface area contributed by atoms with E-state index in [1.807, 2.05) is 0 Å². The van der Waals surface area contributed by atoms with Gasteiger partial charge in [-0.05, 0) is 30.3 Å². The number of halogens is 1. The summed E-state index contributed by atoms with van der Waals surface area (Å²) in [5.74, 6) is -0.762. The number of carbonyl (C=O) groups is 1.